The van der Waals surface area contributed by atoms with E-state index in [1.807, 2.05) is 0 Å². The quantitative estimate of drug-likeness (QED) is 0.269. The lowest BCUT2D eigenvalue weighted by Gasteiger charge is -2.13. The van der Waals surface area contributed by atoms with Crippen LogP contribution in [0.2, 0.25) is 0 Å². The minimum absolute atomic E-state index is 0. The fourth-order valence-corrected chi connectivity index (χ4v) is 1.50. The Hall–Kier alpha value is -1.59. The maximum absolute atomic E-state index is 12.0. The molecule has 0 saturated carbocycles. The lowest BCUT2D eigenvalue weighted by Crippen LogP contribution is -2.42. The fraction of sp³-hybridized carbons (Fsp3) is 0.462. The van der Waals surface area contributed by atoms with Gasteiger partial charge in [-0.25, -0.2) is 0 Å². The second-order valence-electron chi connectivity index (χ2n) is 4.29. The summed E-state index contributed by atoms with van der Waals surface area (Å²) in [7, 11) is 1.46. The van der Waals surface area contributed by atoms with Gasteiger partial charge in [-0.2, -0.15) is 13.2 Å². The van der Waals surface area contributed by atoms with Crippen LogP contribution in [-0.2, 0) is 0 Å². The number of amides is 1. The maximum Gasteiger partial charge on any atom is 0.390 e. The van der Waals surface area contributed by atoms with Crippen LogP contribution in [-0.4, -0.2) is 49.7 Å². The van der Waals surface area contributed by atoms with Crippen LogP contribution in [0.15, 0.2) is 29.5 Å². The zero-order valence-corrected chi connectivity index (χ0v) is 14.8. The number of hydrogen-bond acceptors (Lipinski definition) is 3. The molecule has 0 unspecified atom stereocenters. The van der Waals surface area contributed by atoms with Crippen LogP contribution in [0.3, 0.4) is 0 Å². The predicted molar refractivity (Wildman–Crippen MR) is 92.0 cm³/mol. The largest absolute Gasteiger partial charge is 0.390 e. The van der Waals surface area contributed by atoms with Gasteiger partial charge in [0.25, 0.3) is 5.91 Å². The number of hydrogen-bond donors (Lipinski definition) is 3. The first-order valence-corrected chi connectivity index (χ1v) is 6.62. The van der Waals surface area contributed by atoms with Crippen LogP contribution in [0.5, 0.6) is 0 Å². The Morgan fingerprint density at radius 2 is 1.87 bits per heavy atom. The lowest BCUT2D eigenvalue weighted by atomic mass is 10.3. The number of alkyl halides is 3. The van der Waals surface area contributed by atoms with Crippen LogP contribution < -0.4 is 16.0 Å². The van der Waals surface area contributed by atoms with Gasteiger partial charge in [-0.15, -0.1) is 24.0 Å². The normalized spacial score (nSPS) is 11.4. The summed E-state index contributed by atoms with van der Waals surface area (Å²) < 4.78 is 36.0. The van der Waals surface area contributed by atoms with Gasteiger partial charge in [0.15, 0.2) is 5.96 Å². The summed E-state index contributed by atoms with van der Waals surface area (Å²) in [6.07, 6.45) is -2.13. The van der Waals surface area contributed by atoms with Crippen LogP contribution in [0.25, 0.3) is 0 Å². The molecule has 0 spiro atoms. The van der Waals surface area contributed by atoms with E-state index in [4.69, 9.17) is 0 Å². The Morgan fingerprint density at radius 1 is 1.22 bits per heavy atom. The van der Waals surface area contributed by atoms with E-state index in [9.17, 15) is 18.0 Å². The topological polar surface area (TPSA) is 78.4 Å². The average Bonchev–Trinajstić information content (AvgIpc) is 2.49. The molecule has 0 saturated heterocycles. The van der Waals surface area contributed by atoms with Gasteiger partial charge in [0.2, 0.25) is 0 Å². The van der Waals surface area contributed by atoms with Crippen LogP contribution >= 0.6 is 24.0 Å². The Labute approximate surface area is 149 Å². The molecule has 10 heteroatoms. The molecule has 0 aliphatic carbocycles. The number of halogens is 4. The van der Waals surface area contributed by atoms with E-state index in [0.717, 1.165) is 0 Å². The molecule has 0 bridgehead atoms. The van der Waals surface area contributed by atoms with Crippen molar-refractivity contribution in [2.75, 3.05) is 26.7 Å². The van der Waals surface area contributed by atoms with E-state index in [0.29, 0.717) is 18.7 Å². The highest BCUT2D eigenvalue weighted by Crippen LogP contribution is 2.17. The van der Waals surface area contributed by atoms with Gasteiger partial charge in [-0.05, 0) is 12.1 Å². The highest BCUT2D eigenvalue weighted by Gasteiger charge is 2.26. The highest BCUT2D eigenvalue weighted by molar-refractivity contribution is 14.0. The van der Waals surface area contributed by atoms with Crippen LogP contribution in [0.4, 0.5) is 13.2 Å². The third-order valence-electron chi connectivity index (χ3n) is 2.55. The second-order valence-corrected chi connectivity index (χ2v) is 4.29. The van der Waals surface area contributed by atoms with Gasteiger partial charge in [0, 0.05) is 39.1 Å². The number of aromatic nitrogens is 1. The van der Waals surface area contributed by atoms with Gasteiger partial charge in [-0.1, -0.05) is 0 Å². The molecule has 0 fully saturated rings. The molecule has 0 aromatic carbocycles. The zero-order chi connectivity index (χ0) is 16.4. The lowest BCUT2D eigenvalue weighted by molar-refractivity contribution is -0.132. The number of carbonyl (C=O) groups is 1. The fourth-order valence-electron chi connectivity index (χ4n) is 1.50. The first-order chi connectivity index (χ1) is 10.4. The summed E-state index contributed by atoms with van der Waals surface area (Å²) in [6, 6.07) is 3.28. The monoisotopic (exact) mass is 445 g/mol. The molecule has 1 amide bonds. The summed E-state index contributed by atoms with van der Waals surface area (Å²) in [5.74, 6) is -0.0187. The molecule has 1 aromatic heterocycles. The van der Waals surface area contributed by atoms with Crippen LogP contribution in [0.1, 0.15) is 16.8 Å². The number of nitrogens with one attached hydrogen (secondary N) is 3. The minimum atomic E-state index is -4.20. The van der Waals surface area contributed by atoms with Crippen LogP contribution in [0, 0.1) is 0 Å². The third kappa shape index (κ3) is 9.92. The standard InChI is InChI=1S/C13H18F3N5O.HI/c1-17-12(20-6-4-13(14,15)16)21-8-7-19-11(22)10-3-2-5-18-9-10;/h2-3,5,9H,4,6-8H2,1H3,(H,19,22)(H2,17,20,21);1H. The molecule has 3 N–H and O–H groups in total. The van der Waals surface area contributed by atoms with E-state index in [2.05, 4.69) is 25.9 Å². The molecule has 0 aliphatic rings. The number of guanidine groups is 1. The van der Waals surface area contributed by atoms with E-state index < -0.39 is 12.6 Å². The summed E-state index contributed by atoms with van der Waals surface area (Å²) in [5, 5.41) is 8.00. The summed E-state index contributed by atoms with van der Waals surface area (Å²) >= 11 is 0. The molecule has 1 heterocycles. The Bertz CT molecular complexity index is 496. The van der Waals surface area contributed by atoms with Crippen molar-refractivity contribution in [2.45, 2.75) is 12.6 Å². The van der Waals surface area contributed by atoms with Gasteiger partial charge in [0.1, 0.15) is 0 Å². The average molecular weight is 445 g/mol. The molecule has 130 valence electrons. The summed E-state index contributed by atoms with van der Waals surface area (Å²) in [5.41, 5.74) is 0.440. The summed E-state index contributed by atoms with van der Waals surface area (Å²) in [4.78, 5) is 19.3. The van der Waals surface area contributed by atoms with Crippen molar-refractivity contribution >= 4 is 35.8 Å². The molecule has 23 heavy (non-hydrogen) atoms. The first-order valence-electron chi connectivity index (χ1n) is 6.62. The van der Waals surface area contributed by atoms with Crippen molar-refractivity contribution in [2.24, 2.45) is 4.99 Å². The highest BCUT2D eigenvalue weighted by atomic mass is 127. The van der Waals surface area contributed by atoms with E-state index >= 15 is 0 Å². The molecular formula is C13H19F3IN5O. The number of nitrogens with zero attached hydrogens (tertiary/aromatic N) is 2. The second kappa shape index (κ2) is 11.0. The number of aliphatic imine (C=N–C) groups is 1. The van der Waals surface area contributed by atoms with Gasteiger partial charge in [0.05, 0.1) is 12.0 Å². The van der Waals surface area contributed by atoms with Crippen molar-refractivity contribution in [1.82, 2.24) is 20.9 Å². The number of rotatable bonds is 6. The van der Waals surface area contributed by atoms with E-state index in [1.165, 1.54) is 13.2 Å². The van der Waals surface area contributed by atoms with E-state index in [-0.39, 0.29) is 42.4 Å². The molecule has 1 rings (SSSR count). The smallest absolute Gasteiger partial charge is 0.356 e. The summed E-state index contributed by atoms with van der Waals surface area (Å²) in [6.45, 7) is 0.372. The number of pyridine rings is 1. The molecule has 1 aromatic rings. The molecule has 0 radical (unpaired) electrons. The third-order valence-corrected chi connectivity index (χ3v) is 2.55. The van der Waals surface area contributed by atoms with Crippen molar-refractivity contribution in [1.29, 1.82) is 0 Å². The number of carbonyl (C=O) groups excluding carboxylic acids is 1. The Balaban J connectivity index is 0.00000484. The van der Waals surface area contributed by atoms with Crippen molar-refractivity contribution in [3.63, 3.8) is 0 Å². The van der Waals surface area contributed by atoms with Gasteiger partial charge >= 0.3 is 6.18 Å². The SMILES string of the molecule is CN=C(NCCNC(=O)c1cccnc1)NCCC(F)(F)F.I. The molecule has 6 nitrogen and oxygen atoms in total. The first kappa shape index (κ1) is 21.4. The van der Waals surface area contributed by atoms with Crippen molar-refractivity contribution < 1.29 is 18.0 Å². The van der Waals surface area contributed by atoms with Crippen molar-refractivity contribution in [3.8, 4) is 0 Å². The Kier molecular flexibility index (Phi) is 10.3. The Morgan fingerprint density at radius 3 is 2.43 bits per heavy atom. The van der Waals surface area contributed by atoms with Gasteiger partial charge in [-0.3, -0.25) is 14.8 Å². The van der Waals surface area contributed by atoms with E-state index in [1.54, 1.807) is 18.3 Å². The molecule has 0 aliphatic heterocycles. The molecular weight excluding hydrogens is 426 g/mol. The minimum Gasteiger partial charge on any atom is -0.356 e. The molecule has 0 atom stereocenters. The predicted octanol–water partition coefficient (Wildman–Crippen LogP) is 1.55. The van der Waals surface area contributed by atoms with Crippen molar-refractivity contribution in [3.05, 3.63) is 30.1 Å². The van der Waals surface area contributed by atoms with Gasteiger partial charge < -0.3 is 16.0 Å². The maximum atomic E-state index is 12.0. The zero-order valence-electron chi connectivity index (χ0n) is 12.5.